The Balaban J connectivity index is 2.75. The summed E-state index contributed by atoms with van der Waals surface area (Å²) in [4.78, 5) is 17.5. The Bertz CT molecular complexity index is 595. The lowest BCUT2D eigenvalue weighted by Gasteiger charge is -2.05. The van der Waals surface area contributed by atoms with E-state index in [4.69, 9.17) is 17.3 Å². The van der Waals surface area contributed by atoms with Gasteiger partial charge in [0.15, 0.2) is 0 Å². The van der Waals surface area contributed by atoms with Crippen LogP contribution in [-0.4, -0.2) is 15.1 Å². The Kier molecular flexibility index (Phi) is 2.54. The normalized spacial score (nSPS) is 10.3. The predicted octanol–water partition coefficient (Wildman–Crippen LogP) is 1.38. The Morgan fingerprint density at radius 1 is 1.38 bits per heavy atom. The molecule has 16 heavy (non-hydrogen) atoms. The van der Waals surface area contributed by atoms with Crippen LogP contribution >= 0.6 is 11.6 Å². The minimum atomic E-state index is -0.530. The van der Waals surface area contributed by atoms with Gasteiger partial charge in [0.05, 0.1) is 0 Å². The lowest BCUT2D eigenvalue weighted by molar-refractivity contribution is 0.454. The summed E-state index contributed by atoms with van der Waals surface area (Å²) >= 11 is 5.92. The lowest BCUT2D eigenvalue weighted by atomic mass is 10.1. The third-order valence-electron chi connectivity index (χ3n) is 2.06. The van der Waals surface area contributed by atoms with Gasteiger partial charge in [-0.1, -0.05) is 29.8 Å². The van der Waals surface area contributed by atoms with E-state index in [9.17, 15) is 9.90 Å². The smallest absolute Gasteiger partial charge is 0.264 e. The largest absolute Gasteiger partial charge is 0.493 e. The lowest BCUT2D eigenvalue weighted by Crippen LogP contribution is -2.13. The van der Waals surface area contributed by atoms with Gasteiger partial charge in [-0.25, -0.2) is 0 Å². The Hall–Kier alpha value is -2.01. The summed E-state index contributed by atoms with van der Waals surface area (Å²) in [5, 5.41) is 9.94. The topological polar surface area (TPSA) is 92.0 Å². The van der Waals surface area contributed by atoms with Gasteiger partial charge in [-0.15, -0.1) is 0 Å². The van der Waals surface area contributed by atoms with Gasteiger partial charge in [-0.3, -0.25) is 9.78 Å². The third-order valence-corrected chi connectivity index (χ3v) is 2.39. The number of aromatic nitrogens is 2. The number of nitrogens with one attached hydrogen (secondary N) is 1. The first-order valence-electron chi connectivity index (χ1n) is 4.43. The predicted molar refractivity (Wildman–Crippen MR) is 61.4 cm³/mol. The highest BCUT2D eigenvalue weighted by Gasteiger charge is 2.14. The first-order chi connectivity index (χ1) is 7.59. The molecule has 1 aromatic carbocycles. The average Bonchev–Trinajstić information content (AvgIpc) is 2.19. The number of nitrogens with zero attached hydrogens (tertiary/aromatic N) is 1. The first kappa shape index (κ1) is 10.5. The molecule has 6 heteroatoms. The highest BCUT2D eigenvalue weighted by Crippen LogP contribution is 2.29. The van der Waals surface area contributed by atoms with Crippen molar-refractivity contribution >= 4 is 17.5 Å². The van der Waals surface area contributed by atoms with Crippen molar-refractivity contribution in [2.75, 3.05) is 5.73 Å². The summed E-state index contributed by atoms with van der Waals surface area (Å²) in [6, 6.07) is 6.66. The summed E-state index contributed by atoms with van der Waals surface area (Å²) < 4.78 is 0. The summed E-state index contributed by atoms with van der Waals surface area (Å²) in [6.45, 7) is 0. The maximum atomic E-state index is 11.6. The first-order valence-corrected chi connectivity index (χ1v) is 4.81. The van der Waals surface area contributed by atoms with E-state index in [0.717, 1.165) is 0 Å². The van der Waals surface area contributed by atoms with Crippen LogP contribution in [0.3, 0.4) is 0 Å². The molecule has 0 saturated heterocycles. The number of aromatic amines is 1. The van der Waals surface area contributed by atoms with E-state index in [-0.39, 0.29) is 11.5 Å². The molecule has 1 heterocycles. The van der Waals surface area contributed by atoms with E-state index in [2.05, 4.69) is 9.97 Å². The summed E-state index contributed by atoms with van der Waals surface area (Å²) in [7, 11) is 0. The SMILES string of the molecule is Nc1nc(O)c(-c2ccccc2Cl)c(=O)[nH]1. The fraction of sp³-hybridized carbons (Fsp3) is 0. The highest BCUT2D eigenvalue weighted by molar-refractivity contribution is 6.33. The monoisotopic (exact) mass is 237 g/mol. The number of nitrogens with two attached hydrogens (primary N) is 1. The molecule has 0 amide bonds. The molecule has 0 spiro atoms. The maximum absolute atomic E-state index is 11.6. The van der Waals surface area contributed by atoms with E-state index >= 15 is 0 Å². The fourth-order valence-corrected chi connectivity index (χ4v) is 1.62. The standard InChI is InChI=1S/C10H8ClN3O2/c11-6-4-2-1-3-5(6)7-8(15)13-10(12)14-9(7)16/h1-4H,(H4,12,13,14,15,16). The molecule has 0 aliphatic rings. The molecule has 4 N–H and O–H groups in total. The Labute approximate surface area is 95.5 Å². The minimum Gasteiger partial charge on any atom is -0.493 e. The second kappa shape index (κ2) is 3.86. The third kappa shape index (κ3) is 1.72. The fourth-order valence-electron chi connectivity index (χ4n) is 1.39. The van der Waals surface area contributed by atoms with E-state index < -0.39 is 11.4 Å². The van der Waals surface area contributed by atoms with Crippen LogP contribution in [0.25, 0.3) is 11.1 Å². The summed E-state index contributed by atoms with van der Waals surface area (Å²) in [5.41, 5.74) is 5.18. The van der Waals surface area contributed by atoms with Crippen LogP contribution in [0.5, 0.6) is 5.88 Å². The molecule has 0 aliphatic carbocycles. The number of aromatic hydroxyl groups is 1. The van der Waals surface area contributed by atoms with E-state index in [1.54, 1.807) is 24.3 Å². The molecule has 0 fully saturated rings. The second-order valence-electron chi connectivity index (χ2n) is 3.13. The molecule has 1 aromatic heterocycles. The van der Waals surface area contributed by atoms with Crippen molar-refractivity contribution in [2.45, 2.75) is 0 Å². The van der Waals surface area contributed by atoms with Crippen molar-refractivity contribution in [3.63, 3.8) is 0 Å². The second-order valence-corrected chi connectivity index (χ2v) is 3.54. The van der Waals surface area contributed by atoms with Crippen molar-refractivity contribution in [3.8, 4) is 17.0 Å². The van der Waals surface area contributed by atoms with Crippen molar-refractivity contribution in [3.05, 3.63) is 39.6 Å². The number of benzene rings is 1. The van der Waals surface area contributed by atoms with Gasteiger partial charge in [-0.05, 0) is 6.07 Å². The maximum Gasteiger partial charge on any atom is 0.264 e. The number of hydrogen-bond donors (Lipinski definition) is 3. The van der Waals surface area contributed by atoms with E-state index in [0.29, 0.717) is 10.6 Å². The summed E-state index contributed by atoms with van der Waals surface area (Å²) in [5.74, 6) is -0.576. The van der Waals surface area contributed by atoms with Gasteiger partial charge in [-0.2, -0.15) is 4.98 Å². The van der Waals surface area contributed by atoms with Crippen molar-refractivity contribution in [1.29, 1.82) is 0 Å². The van der Waals surface area contributed by atoms with Crippen molar-refractivity contribution < 1.29 is 5.11 Å². The van der Waals surface area contributed by atoms with Gasteiger partial charge < -0.3 is 10.8 Å². The van der Waals surface area contributed by atoms with Crippen LogP contribution in [0.2, 0.25) is 5.02 Å². The highest BCUT2D eigenvalue weighted by atomic mass is 35.5. The van der Waals surface area contributed by atoms with Crippen LogP contribution in [0.4, 0.5) is 5.95 Å². The number of halogens is 1. The van der Waals surface area contributed by atoms with Gasteiger partial charge >= 0.3 is 0 Å². The van der Waals surface area contributed by atoms with Crippen molar-refractivity contribution in [1.82, 2.24) is 9.97 Å². The molecule has 0 unspecified atom stereocenters. The quantitative estimate of drug-likeness (QED) is 0.699. The molecule has 2 aromatic rings. The van der Waals surface area contributed by atoms with Crippen LogP contribution in [0.1, 0.15) is 0 Å². The molecule has 2 rings (SSSR count). The number of nitrogen functional groups attached to an aromatic ring is 1. The molecule has 0 radical (unpaired) electrons. The molecule has 82 valence electrons. The zero-order valence-electron chi connectivity index (χ0n) is 8.07. The minimum absolute atomic E-state index is 0.0137. The van der Waals surface area contributed by atoms with Gasteiger partial charge in [0.25, 0.3) is 5.56 Å². The number of anilines is 1. The molecule has 0 aliphatic heterocycles. The van der Waals surface area contributed by atoms with E-state index in [1.807, 2.05) is 0 Å². The molecular weight excluding hydrogens is 230 g/mol. The zero-order chi connectivity index (χ0) is 11.7. The van der Waals surface area contributed by atoms with Gasteiger partial charge in [0.1, 0.15) is 5.56 Å². The van der Waals surface area contributed by atoms with E-state index in [1.165, 1.54) is 0 Å². The Morgan fingerprint density at radius 3 is 2.69 bits per heavy atom. The van der Waals surface area contributed by atoms with Crippen LogP contribution < -0.4 is 11.3 Å². The van der Waals surface area contributed by atoms with Crippen molar-refractivity contribution in [2.24, 2.45) is 0 Å². The molecule has 0 atom stereocenters. The molecule has 0 saturated carbocycles. The molecule has 5 nitrogen and oxygen atoms in total. The molecular formula is C10H8ClN3O2. The number of H-pyrrole nitrogens is 1. The number of hydrogen-bond acceptors (Lipinski definition) is 4. The number of rotatable bonds is 1. The van der Waals surface area contributed by atoms with Gasteiger partial charge in [0.2, 0.25) is 11.8 Å². The van der Waals surface area contributed by atoms with Crippen LogP contribution in [0.15, 0.2) is 29.1 Å². The summed E-state index contributed by atoms with van der Waals surface area (Å²) in [6.07, 6.45) is 0. The molecule has 0 bridgehead atoms. The van der Waals surface area contributed by atoms with Crippen LogP contribution in [0, 0.1) is 0 Å². The zero-order valence-corrected chi connectivity index (χ0v) is 8.82. The Morgan fingerprint density at radius 2 is 2.06 bits per heavy atom. The van der Waals surface area contributed by atoms with Crippen LogP contribution in [-0.2, 0) is 0 Å². The average molecular weight is 238 g/mol. The van der Waals surface area contributed by atoms with Gasteiger partial charge in [0, 0.05) is 10.6 Å².